The molecule has 2 aromatic rings. The van der Waals surface area contributed by atoms with Gasteiger partial charge in [-0.05, 0) is 31.0 Å². The van der Waals surface area contributed by atoms with Crippen molar-refractivity contribution in [2.75, 3.05) is 23.7 Å². The maximum absolute atomic E-state index is 11.8. The third-order valence-corrected chi connectivity index (χ3v) is 3.50. The van der Waals surface area contributed by atoms with Gasteiger partial charge in [-0.2, -0.15) is 13.2 Å². The molecule has 1 aliphatic rings. The van der Waals surface area contributed by atoms with Crippen LogP contribution in [-0.2, 0) is 6.18 Å². The molecule has 0 bridgehead atoms. The molecule has 0 radical (unpaired) electrons. The minimum absolute atomic E-state index is 0.544. The smallest absolute Gasteiger partial charge is 0.397 e. The number of rotatable bonds is 1. The fourth-order valence-electron chi connectivity index (χ4n) is 2.32. The molecule has 0 amide bonds. The number of pyridine rings is 1. The number of halogens is 3. The van der Waals surface area contributed by atoms with Gasteiger partial charge in [-0.3, -0.25) is 4.79 Å². The first-order chi connectivity index (χ1) is 10.9. The summed E-state index contributed by atoms with van der Waals surface area (Å²) >= 11 is 0. The van der Waals surface area contributed by atoms with Crippen LogP contribution in [-0.4, -0.2) is 18.1 Å². The number of anilines is 2. The van der Waals surface area contributed by atoms with Crippen LogP contribution in [0.15, 0.2) is 47.4 Å². The van der Waals surface area contributed by atoms with Crippen LogP contribution in [0.1, 0.15) is 18.4 Å². The average molecular weight is 325 g/mol. The Hall–Kier alpha value is -2.44. The number of aromatic amines is 1. The molecule has 1 fully saturated rings. The minimum Gasteiger partial charge on any atom is -0.397 e. The van der Waals surface area contributed by atoms with Gasteiger partial charge in [0.25, 0.3) is 0 Å². The first kappa shape index (κ1) is 16.9. The number of nitrogens with two attached hydrogens (primary N) is 1. The summed E-state index contributed by atoms with van der Waals surface area (Å²) < 4.78 is 35.4. The number of nitrogens with zero attached hydrogens (tertiary/aromatic N) is 1. The van der Waals surface area contributed by atoms with Gasteiger partial charge >= 0.3 is 6.18 Å². The van der Waals surface area contributed by atoms with Crippen LogP contribution in [0.3, 0.4) is 0 Å². The van der Waals surface area contributed by atoms with Crippen LogP contribution in [0.25, 0.3) is 0 Å². The number of benzene rings is 1. The summed E-state index contributed by atoms with van der Waals surface area (Å²) in [4.78, 5) is 14.6. The lowest BCUT2D eigenvalue weighted by Gasteiger charge is -2.19. The Kier molecular flexibility index (Phi) is 5.31. The predicted octanol–water partition coefficient (Wildman–Crippen LogP) is 3.26. The SMILES string of the molecule is Nc1ccccc1N1CCCC1.O=c1ccc(C(F)(F)F)c[nH]1. The fraction of sp³-hybridized carbons (Fsp3) is 0.312. The number of nitrogens with one attached hydrogen (secondary N) is 1. The van der Waals surface area contributed by atoms with Crippen LogP contribution in [0, 0.1) is 0 Å². The van der Waals surface area contributed by atoms with E-state index in [4.69, 9.17) is 5.73 Å². The minimum atomic E-state index is -4.38. The molecule has 23 heavy (non-hydrogen) atoms. The molecule has 0 aliphatic carbocycles. The van der Waals surface area contributed by atoms with Gasteiger partial charge in [0.15, 0.2) is 0 Å². The third-order valence-electron chi connectivity index (χ3n) is 3.50. The lowest BCUT2D eigenvalue weighted by Crippen LogP contribution is -2.18. The zero-order valence-electron chi connectivity index (χ0n) is 12.4. The highest BCUT2D eigenvalue weighted by Crippen LogP contribution is 2.27. The lowest BCUT2D eigenvalue weighted by atomic mass is 10.2. The molecule has 1 saturated heterocycles. The largest absolute Gasteiger partial charge is 0.417 e. The summed E-state index contributed by atoms with van der Waals surface area (Å²) in [6.07, 6.45) is -1.14. The van der Waals surface area contributed by atoms with Crippen molar-refractivity contribution in [1.82, 2.24) is 4.98 Å². The summed E-state index contributed by atoms with van der Waals surface area (Å²) in [6.45, 7) is 2.32. The normalized spacial score (nSPS) is 14.3. The van der Waals surface area contributed by atoms with E-state index in [0.29, 0.717) is 6.20 Å². The molecule has 0 saturated carbocycles. The Bertz CT molecular complexity index is 671. The summed E-state index contributed by atoms with van der Waals surface area (Å²) in [7, 11) is 0. The van der Waals surface area contributed by atoms with Crippen molar-refractivity contribution in [3.05, 3.63) is 58.5 Å². The molecule has 0 spiro atoms. The predicted molar refractivity (Wildman–Crippen MR) is 84.4 cm³/mol. The number of H-pyrrole nitrogens is 1. The second-order valence-corrected chi connectivity index (χ2v) is 5.19. The van der Waals surface area contributed by atoms with E-state index < -0.39 is 17.3 Å². The molecule has 2 heterocycles. The molecule has 1 aliphatic heterocycles. The first-order valence-corrected chi connectivity index (χ1v) is 7.23. The Labute approximate surface area is 131 Å². The summed E-state index contributed by atoms with van der Waals surface area (Å²) in [5.41, 5.74) is 6.57. The first-order valence-electron chi connectivity index (χ1n) is 7.23. The molecule has 0 unspecified atom stereocenters. The maximum atomic E-state index is 11.8. The fourth-order valence-corrected chi connectivity index (χ4v) is 2.32. The van der Waals surface area contributed by atoms with Crippen molar-refractivity contribution in [2.45, 2.75) is 19.0 Å². The lowest BCUT2D eigenvalue weighted by molar-refractivity contribution is -0.137. The number of hydrogen-bond donors (Lipinski definition) is 2. The quantitative estimate of drug-likeness (QED) is 0.791. The summed E-state index contributed by atoms with van der Waals surface area (Å²) in [6, 6.07) is 9.66. The molecule has 3 N–H and O–H groups in total. The molecular formula is C16H18F3N3O. The van der Waals surface area contributed by atoms with E-state index in [1.165, 1.54) is 18.5 Å². The van der Waals surface area contributed by atoms with Gasteiger partial charge in [0.05, 0.1) is 16.9 Å². The van der Waals surface area contributed by atoms with Gasteiger partial charge in [0.2, 0.25) is 5.56 Å². The van der Waals surface area contributed by atoms with Crippen molar-refractivity contribution in [2.24, 2.45) is 0 Å². The highest BCUT2D eigenvalue weighted by Gasteiger charge is 2.30. The number of para-hydroxylation sites is 2. The van der Waals surface area contributed by atoms with Crippen molar-refractivity contribution in [3.8, 4) is 0 Å². The topological polar surface area (TPSA) is 62.1 Å². The molecular weight excluding hydrogens is 307 g/mol. The molecule has 124 valence electrons. The maximum Gasteiger partial charge on any atom is 0.417 e. The second-order valence-electron chi connectivity index (χ2n) is 5.19. The van der Waals surface area contributed by atoms with Gasteiger partial charge in [-0.1, -0.05) is 12.1 Å². The average Bonchev–Trinajstić information content (AvgIpc) is 3.02. The summed E-state index contributed by atoms with van der Waals surface area (Å²) in [5.74, 6) is 0. The molecule has 7 heteroatoms. The van der Waals surface area contributed by atoms with Crippen molar-refractivity contribution in [1.29, 1.82) is 0 Å². The zero-order valence-corrected chi connectivity index (χ0v) is 12.4. The van der Waals surface area contributed by atoms with E-state index in [0.717, 1.165) is 30.9 Å². The Morgan fingerprint density at radius 3 is 2.22 bits per heavy atom. The van der Waals surface area contributed by atoms with E-state index in [-0.39, 0.29) is 0 Å². The molecule has 3 rings (SSSR count). The van der Waals surface area contributed by atoms with Gasteiger partial charge in [-0.25, -0.2) is 0 Å². The van der Waals surface area contributed by atoms with E-state index >= 15 is 0 Å². The van der Waals surface area contributed by atoms with Crippen LogP contribution >= 0.6 is 0 Å². The van der Waals surface area contributed by atoms with Crippen molar-refractivity contribution < 1.29 is 13.2 Å². The molecule has 0 atom stereocenters. The van der Waals surface area contributed by atoms with Crippen LogP contribution in [0.2, 0.25) is 0 Å². The number of alkyl halides is 3. The number of nitrogen functional groups attached to an aromatic ring is 1. The van der Waals surface area contributed by atoms with Gasteiger partial charge in [-0.15, -0.1) is 0 Å². The monoisotopic (exact) mass is 325 g/mol. The number of aromatic nitrogens is 1. The Morgan fingerprint density at radius 2 is 1.70 bits per heavy atom. The second kappa shape index (κ2) is 7.21. The van der Waals surface area contributed by atoms with Crippen LogP contribution < -0.4 is 16.2 Å². The Morgan fingerprint density at radius 1 is 1.04 bits per heavy atom. The molecule has 1 aromatic carbocycles. The molecule has 4 nitrogen and oxygen atoms in total. The Balaban J connectivity index is 0.000000168. The van der Waals surface area contributed by atoms with E-state index in [2.05, 4.69) is 11.0 Å². The zero-order chi connectivity index (χ0) is 16.9. The van der Waals surface area contributed by atoms with E-state index in [1.807, 2.05) is 23.2 Å². The number of hydrogen-bond acceptors (Lipinski definition) is 3. The standard InChI is InChI=1S/C10H14N2.C6H4F3NO/c11-9-5-1-2-6-10(9)12-7-3-4-8-12;7-6(8,9)4-1-2-5(11)10-3-4/h1-2,5-6H,3-4,7-8,11H2;1-3H,(H,10,11). The van der Waals surface area contributed by atoms with E-state index in [1.54, 1.807) is 0 Å². The van der Waals surface area contributed by atoms with Crippen molar-refractivity contribution in [3.63, 3.8) is 0 Å². The van der Waals surface area contributed by atoms with E-state index in [9.17, 15) is 18.0 Å². The highest BCUT2D eigenvalue weighted by atomic mass is 19.4. The summed E-state index contributed by atoms with van der Waals surface area (Å²) in [5, 5.41) is 0. The van der Waals surface area contributed by atoms with Gasteiger partial charge in [0.1, 0.15) is 0 Å². The third kappa shape index (κ3) is 4.77. The van der Waals surface area contributed by atoms with Gasteiger partial charge < -0.3 is 15.6 Å². The van der Waals surface area contributed by atoms with Crippen LogP contribution in [0.4, 0.5) is 24.5 Å². The highest BCUT2D eigenvalue weighted by molar-refractivity contribution is 5.67. The van der Waals surface area contributed by atoms with Gasteiger partial charge in [0, 0.05) is 25.4 Å². The van der Waals surface area contributed by atoms with Crippen LogP contribution in [0.5, 0.6) is 0 Å². The van der Waals surface area contributed by atoms with Crippen molar-refractivity contribution >= 4 is 11.4 Å². The molecule has 1 aromatic heterocycles.